The summed E-state index contributed by atoms with van der Waals surface area (Å²) in [5, 5.41) is 0. The minimum atomic E-state index is -3.26. The highest BCUT2D eigenvalue weighted by Gasteiger charge is 2.50. The Morgan fingerprint density at radius 1 is 1.16 bits per heavy atom. The van der Waals surface area contributed by atoms with Crippen LogP contribution in [-0.2, 0) is 14.6 Å². The number of amides is 2. The standard InChI is InChI=1S/C16H21N3O4S2/c1-10-14(24-9-17-10)16(21)19-6-5-18(15(20)11-3-2-4-11)12-7-25(22,23)8-13(12)19/h9,11-13H,2-8H2,1H3. The van der Waals surface area contributed by atoms with Gasteiger partial charge in [0, 0.05) is 19.0 Å². The minimum Gasteiger partial charge on any atom is -0.335 e. The first kappa shape index (κ1) is 17.0. The summed E-state index contributed by atoms with van der Waals surface area (Å²) in [6.07, 6.45) is 2.84. The van der Waals surface area contributed by atoms with Gasteiger partial charge in [-0.1, -0.05) is 6.42 Å². The Morgan fingerprint density at radius 2 is 1.80 bits per heavy atom. The molecule has 9 heteroatoms. The smallest absolute Gasteiger partial charge is 0.266 e. The van der Waals surface area contributed by atoms with Crippen molar-refractivity contribution >= 4 is 33.0 Å². The molecule has 2 atom stereocenters. The van der Waals surface area contributed by atoms with Crippen molar-refractivity contribution in [1.82, 2.24) is 14.8 Å². The largest absolute Gasteiger partial charge is 0.335 e. The Labute approximate surface area is 150 Å². The summed E-state index contributed by atoms with van der Waals surface area (Å²) in [6, 6.07) is -0.860. The average molecular weight is 383 g/mol. The number of carbonyl (C=O) groups is 2. The van der Waals surface area contributed by atoms with E-state index in [-0.39, 0.29) is 29.2 Å². The fourth-order valence-corrected chi connectivity index (χ4v) is 6.74. The van der Waals surface area contributed by atoms with Crippen LogP contribution in [-0.4, -0.2) is 71.7 Å². The molecule has 1 aromatic rings. The molecule has 2 saturated heterocycles. The van der Waals surface area contributed by atoms with E-state index >= 15 is 0 Å². The van der Waals surface area contributed by atoms with Crippen molar-refractivity contribution in [2.24, 2.45) is 5.92 Å². The van der Waals surface area contributed by atoms with Crippen molar-refractivity contribution < 1.29 is 18.0 Å². The molecular formula is C16H21N3O4S2. The molecule has 0 N–H and O–H groups in total. The number of fused-ring (bicyclic) bond motifs is 1. The number of hydrogen-bond acceptors (Lipinski definition) is 6. The predicted molar refractivity (Wildman–Crippen MR) is 93.2 cm³/mol. The second-order valence-corrected chi connectivity index (χ2v) is 10.1. The number of thiazole rings is 1. The van der Waals surface area contributed by atoms with Crippen LogP contribution in [0.4, 0.5) is 0 Å². The Bertz CT molecular complexity index is 815. The summed E-state index contributed by atoms with van der Waals surface area (Å²) in [7, 11) is -3.26. The molecule has 136 valence electrons. The zero-order chi connectivity index (χ0) is 17.8. The van der Waals surface area contributed by atoms with E-state index in [9.17, 15) is 18.0 Å². The topological polar surface area (TPSA) is 87.7 Å². The van der Waals surface area contributed by atoms with Crippen LogP contribution in [0.25, 0.3) is 0 Å². The van der Waals surface area contributed by atoms with Gasteiger partial charge in [0.2, 0.25) is 5.91 Å². The lowest BCUT2D eigenvalue weighted by molar-refractivity contribution is -0.143. The summed E-state index contributed by atoms with van der Waals surface area (Å²) < 4.78 is 24.5. The molecule has 2 amide bonds. The second kappa shape index (κ2) is 6.05. The Morgan fingerprint density at radius 3 is 2.36 bits per heavy atom. The van der Waals surface area contributed by atoms with Gasteiger partial charge in [-0.2, -0.15) is 0 Å². The van der Waals surface area contributed by atoms with Gasteiger partial charge in [0.05, 0.1) is 34.8 Å². The molecule has 1 saturated carbocycles. The summed E-state index contributed by atoms with van der Waals surface area (Å²) >= 11 is 1.28. The third-order valence-corrected chi connectivity index (χ3v) is 8.23. The third-order valence-electron chi connectivity index (χ3n) is 5.61. The molecule has 0 radical (unpaired) electrons. The maximum absolute atomic E-state index is 12.9. The van der Waals surface area contributed by atoms with Gasteiger partial charge in [0.25, 0.3) is 5.91 Å². The van der Waals surface area contributed by atoms with Gasteiger partial charge >= 0.3 is 0 Å². The van der Waals surface area contributed by atoms with E-state index in [1.165, 1.54) is 11.3 Å². The number of rotatable bonds is 2. The van der Waals surface area contributed by atoms with Gasteiger partial charge in [0.1, 0.15) is 4.88 Å². The molecule has 1 aromatic heterocycles. The number of aromatic nitrogens is 1. The van der Waals surface area contributed by atoms with Crippen molar-refractivity contribution in [2.45, 2.75) is 38.3 Å². The molecule has 1 aliphatic carbocycles. The van der Waals surface area contributed by atoms with E-state index in [2.05, 4.69) is 4.98 Å². The van der Waals surface area contributed by atoms with Gasteiger partial charge in [0.15, 0.2) is 9.84 Å². The predicted octanol–water partition coefficient (Wildman–Crippen LogP) is 0.702. The van der Waals surface area contributed by atoms with Crippen molar-refractivity contribution in [2.75, 3.05) is 24.6 Å². The molecule has 0 bridgehead atoms. The maximum Gasteiger partial charge on any atom is 0.266 e. The molecule has 2 aliphatic heterocycles. The first-order valence-electron chi connectivity index (χ1n) is 8.59. The van der Waals surface area contributed by atoms with Gasteiger partial charge in [-0.3, -0.25) is 9.59 Å². The van der Waals surface area contributed by atoms with Gasteiger partial charge < -0.3 is 9.80 Å². The molecule has 25 heavy (non-hydrogen) atoms. The first-order valence-corrected chi connectivity index (χ1v) is 11.3. The van der Waals surface area contributed by atoms with Crippen molar-refractivity contribution in [3.05, 3.63) is 16.1 Å². The molecular weight excluding hydrogens is 362 g/mol. The highest BCUT2D eigenvalue weighted by atomic mass is 32.2. The van der Waals surface area contributed by atoms with E-state index in [0.717, 1.165) is 19.3 Å². The van der Waals surface area contributed by atoms with Crippen LogP contribution in [0, 0.1) is 12.8 Å². The Hall–Kier alpha value is -1.48. The summed E-state index contributed by atoms with van der Waals surface area (Å²) in [5.41, 5.74) is 2.29. The van der Waals surface area contributed by atoms with E-state index in [0.29, 0.717) is 23.7 Å². The molecule has 2 unspecified atom stereocenters. The molecule has 3 aliphatic rings. The second-order valence-electron chi connectivity index (χ2n) is 7.14. The Balaban J connectivity index is 1.61. The van der Waals surface area contributed by atoms with Crippen LogP contribution in [0.3, 0.4) is 0 Å². The van der Waals surface area contributed by atoms with E-state index in [4.69, 9.17) is 0 Å². The minimum absolute atomic E-state index is 0.0370. The molecule has 3 heterocycles. The summed E-state index contributed by atoms with van der Waals surface area (Å²) in [6.45, 7) is 2.57. The molecule has 4 rings (SSSR count). The molecule has 0 aromatic carbocycles. The van der Waals surface area contributed by atoms with Gasteiger partial charge in [-0.25, -0.2) is 13.4 Å². The van der Waals surface area contributed by atoms with Crippen LogP contribution in [0.1, 0.15) is 34.6 Å². The number of aryl methyl sites for hydroxylation is 1. The SMILES string of the molecule is Cc1ncsc1C(=O)N1CCN(C(=O)C2CCC2)C2CS(=O)(=O)CC21. The van der Waals surface area contributed by atoms with Crippen molar-refractivity contribution in [3.63, 3.8) is 0 Å². The highest BCUT2D eigenvalue weighted by molar-refractivity contribution is 7.91. The Kier molecular flexibility index (Phi) is 4.10. The third kappa shape index (κ3) is 2.87. The molecule has 0 spiro atoms. The van der Waals surface area contributed by atoms with Crippen LogP contribution in [0.2, 0.25) is 0 Å². The van der Waals surface area contributed by atoms with Gasteiger partial charge in [-0.05, 0) is 19.8 Å². The average Bonchev–Trinajstić information content (AvgIpc) is 3.05. The van der Waals surface area contributed by atoms with Crippen molar-refractivity contribution in [1.29, 1.82) is 0 Å². The zero-order valence-corrected chi connectivity index (χ0v) is 15.7. The molecule has 7 nitrogen and oxygen atoms in total. The normalized spacial score (nSPS) is 28.5. The lowest BCUT2D eigenvalue weighted by Crippen LogP contribution is -2.63. The number of carbonyl (C=O) groups excluding carboxylic acids is 2. The fraction of sp³-hybridized carbons (Fsp3) is 0.688. The summed E-state index contributed by atoms with van der Waals surface area (Å²) in [4.78, 5) is 33.7. The van der Waals surface area contributed by atoms with Crippen LogP contribution >= 0.6 is 11.3 Å². The van der Waals surface area contributed by atoms with Crippen molar-refractivity contribution in [3.8, 4) is 0 Å². The maximum atomic E-state index is 12.9. The fourth-order valence-electron chi connectivity index (χ4n) is 4.01. The number of piperazine rings is 1. The zero-order valence-electron chi connectivity index (χ0n) is 14.1. The van der Waals surface area contributed by atoms with Gasteiger partial charge in [-0.15, -0.1) is 11.3 Å². The number of hydrogen-bond donors (Lipinski definition) is 0. The lowest BCUT2D eigenvalue weighted by Gasteiger charge is -2.45. The molecule has 3 fully saturated rings. The highest BCUT2D eigenvalue weighted by Crippen LogP contribution is 2.34. The first-order chi connectivity index (χ1) is 11.9. The monoisotopic (exact) mass is 383 g/mol. The van der Waals surface area contributed by atoms with Crippen LogP contribution < -0.4 is 0 Å². The van der Waals surface area contributed by atoms with Crippen LogP contribution in [0.5, 0.6) is 0 Å². The van der Waals surface area contributed by atoms with E-state index in [1.807, 2.05) is 0 Å². The van der Waals surface area contributed by atoms with E-state index in [1.54, 1.807) is 22.2 Å². The number of sulfone groups is 1. The number of nitrogens with zero attached hydrogens (tertiary/aromatic N) is 3. The van der Waals surface area contributed by atoms with E-state index < -0.39 is 21.9 Å². The van der Waals surface area contributed by atoms with Crippen LogP contribution in [0.15, 0.2) is 5.51 Å². The quantitative estimate of drug-likeness (QED) is 0.750. The summed E-state index contributed by atoms with van der Waals surface area (Å²) in [5.74, 6) is -0.158. The lowest BCUT2D eigenvalue weighted by atomic mass is 9.83.